The Kier molecular flexibility index (Phi) is 7.36. The number of alkyl halides is 3. The normalized spacial score (nSPS) is 20.8. The second-order valence-corrected chi connectivity index (χ2v) is 5.54. The van der Waals surface area contributed by atoms with E-state index >= 15 is 0 Å². The third-order valence-corrected chi connectivity index (χ3v) is 3.64. The third kappa shape index (κ3) is 7.45. The smallest absolute Gasteiger partial charge is 0.383 e. The predicted octanol–water partition coefficient (Wildman–Crippen LogP) is 1.94. The molecule has 1 aliphatic rings. The maximum atomic E-state index is 12.1. The molecule has 0 amide bonds. The van der Waals surface area contributed by atoms with Crippen LogP contribution in [0.25, 0.3) is 0 Å². The number of thioether (sulfide) groups is 1. The number of ether oxygens (including phenoxy) is 1. The quantitative estimate of drug-likeness (QED) is 0.737. The van der Waals surface area contributed by atoms with Gasteiger partial charge >= 0.3 is 5.51 Å². The Labute approximate surface area is 110 Å². The number of hydrogen-bond acceptors (Lipinski definition) is 4. The topological polar surface area (TPSA) is 24.5 Å². The van der Waals surface area contributed by atoms with Crippen LogP contribution in [-0.2, 0) is 4.74 Å². The SMILES string of the molecule is COCCN(CCSC(F)(F)F)CC1CCCN1. The van der Waals surface area contributed by atoms with Crippen LogP contribution in [0.1, 0.15) is 12.8 Å². The van der Waals surface area contributed by atoms with E-state index in [9.17, 15) is 13.2 Å². The van der Waals surface area contributed by atoms with Gasteiger partial charge in [0.25, 0.3) is 0 Å². The highest BCUT2D eigenvalue weighted by atomic mass is 32.2. The van der Waals surface area contributed by atoms with Crippen molar-refractivity contribution in [2.75, 3.05) is 45.6 Å². The van der Waals surface area contributed by atoms with E-state index < -0.39 is 5.51 Å². The van der Waals surface area contributed by atoms with E-state index in [0.29, 0.717) is 25.7 Å². The van der Waals surface area contributed by atoms with E-state index in [0.717, 1.165) is 25.9 Å². The molecule has 0 spiro atoms. The van der Waals surface area contributed by atoms with Gasteiger partial charge in [-0.2, -0.15) is 13.2 Å². The molecule has 0 aromatic rings. The van der Waals surface area contributed by atoms with Crippen LogP contribution in [-0.4, -0.2) is 62.1 Å². The molecular weight excluding hydrogens is 265 g/mol. The Bertz CT molecular complexity index is 223. The molecule has 1 heterocycles. The lowest BCUT2D eigenvalue weighted by Gasteiger charge is -2.25. The van der Waals surface area contributed by atoms with E-state index in [1.807, 2.05) is 4.90 Å². The molecule has 18 heavy (non-hydrogen) atoms. The highest BCUT2D eigenvalue weighted by molar-refractivity contribution is 8.00. The van der Waals surface area contributed by atoms with Crippen LogP contribution in [0.5, 0.6) is 0 Å². The molecule has 1 saturated heterocycles. The van der Waals surface area contributed by atoms with Crippen LogP contribution in [0.3, 0.4) is 0 Å². The molecule has 1 aliphatic heterocycles. The molecular formula is C11H21F3N2OS. The first kappa shape index (κ1) is 16.1. The fourth-order valence-corrected chi connectivity index (χ4v) is 2.61. The van der Waals surface area contributed by atoms with E-state index in [2.05, 4.69) is 5.32 Å². The lowest BCUT2D eigenvalue weighted by Crippen LogP contribution is -2.40. The number of methoxy groups -OCH3 is 1. The second-order valence-electron chi connectivity index (χ2n) is 4.38. The molecule has 0 aromatic heterocycles. The van der Waals surface area contributed by atoms with Crippen molar-refractivity contribution < 1.29 is 17.9 Å². The van der Waals surface area contributed by atoms with Gasteiger partial charge in [0.15, 0.2) is 0 Å². The van der Waals surface area contributed by atoms with Crippen LogP contribution in [0, 0.1) is 0 Å². The molecule has 0 bridgehead atoms. The van der Waals surface area contributed by atoms with Gasteiger partial charge in [-0.05, 0) is 31.1 Å². The fourth-order valence-electron chi connectivity index (χ4n) is 2.03. The Balaban J connectivity index is 2.25. The van der Waals surface area contributed by atoms with Crippen LogP contribution < -0.4 is 5.32 Å². The lowest BCUT2D eigenvalue weighted by atomic mass is 10.2. The summed E-state index contributed by atoms with van der Waals surface area (Å²) < 4.78 is 41.2. The van der Waals surface area contributed by atoms with Crippen molar-refractivity contribution >= 4 is 11.8 Å². The van der Waals surface area contributed by atoms with Crippen molar-refractivity contribution in [1.82, 2.24) is 10.2 Å². The zero-order valence-corrected chi connectivity index (χ0v) is 11.4. The molecule has 0 saturated carbocycles. The highest BCUT2D eigenvalue weighted by Crippen LogP contribution is 2.29. The predicted molar refractivity (Wildman–Crippen MR) is 67.9 cm³/mol. The summed E-state index contributed by atoms with van der Waals surface area (Å²) in [6, 6.07) is 0.415. The minimum Gasteiger partial charge on any atom is -0.383 e. The van der Waals surface area contributed by atoms with Gasteiger partial charge in [-0.1, -0.05) is 0 Å². The van der Waals surface area contributed by atoms with Crippen molar-refractivity contribution in [3.8, 4) is 0 Å². The Morgan fingerprint density at radius 3 is 2.72 bits per heavy atom. The van der Waals surface area contributed by atoms with Gasteiger partial charge in [-0.15, -0.1) is 0 Å². The van der Waals surface area contributed by atoms with Gasteiger partial charge in [0.2, 0.25) is 0 Å². The molecule has 1 N–H and O–H groups in total. The Morgan fingerprint density at radius 1 is 1.39 bits per heavy atom. The summed E-state index contributed by atoms with van der Waals surface area (Å²) in [4.78, 5) is 2.05. The van der Waals surface area contributed by atoms with Crippen molar-refractivity contribution in [1.29, 1.82) is 0 Å². The van der Waals surface area contributed by atoms with Gasteiger partial charge in [-0.25, -0.2) is 0 Å². The number of nitrogens with one attached hydrogen (secondary N) is 1. The zero-order chi connectivity index (χ0) is 13.4. The molecule has 1 atom stereocenters. The van der Waals surface area contributed by atoms with Gasteiger partial charge < -0.3 is 10.1 Å². The lowest BCUT2D eigenvalue weighted by molar-refractivity contribution is -0.0328. The maximum Gasteiger partial charge on any atom is 0.441 e. The van der Waals surface area contributed by atoms with Crippen molar-refractivity contribution in [2.45, 2.75) is 24.4 Å². The van der Waals surface area contributed by atoms with Gasteiger partial charge in [0.1, 0.15) is 0 Å². The molecule has 0 aromatic carbocycles. The van der Waals surface area contributed by atoms with E-state index in [-0.39, 0.29) is 17.5 Å². The summed E-state index contributed by atoms with van der Waals surface area (Å²) in [7, 11) is 1.61. The maximum absolute atomic E-state index is 12.1. The first-order chi connectivity index (χ1) is 8.51. The van der Waals surface area contributed by atoms with Crippen molar-refractivity contribution in [3.63, 3.8) is 0 Å². The van der Waals surface area contributed by atoms with Gasteiger partial charge in [0.05, 0.1) is 6.61 Å². The molecule has 3 nitrogen and oxygen atoms in total. The minimum absolute atomic E-state index is 0.0504. The second kappa shape index (κ2) is 8.24. The Hall–Kier alpha value is 0.0200. The number of halogens is 3. The monoisotopic (exact) mass is 286 g/mol. The van der Waals surface area contributed by atoms with E-state index in [4.69, 9.17) is 4.74 Å². The van der Waals surface area contributed by atoms with Crippen molar-refractivity contribution in [2.24, 2.45) is 0 Å². The van der Waals surface area contributed by atoms with Gasteiger partial charge in [0, 0.05) is 38.5 Å². The molecule has 108 valence electrons. The van der Waals surface area contributed by atoms with Crippen LogP contribution in [0.15, 0.2) is 0 Å². The van der Waals surface area contributed by atoms with E-state index in [1.165, 1.54) is 0 Å². The first-order valence-corrected chi connectivity index (χ1v) is 7.15. The molecule has 0 aliphatic carbocycles. The summed E-state index contributed by atoms with van der Waals surface area (Å²) in [5, 5.41) is 3.36. The summed E-state index contributed by atoms with van der Waals surface area (Å²) in [5.74, 6) is 0.0833. The average molecular weight is 286 g/mol. The molecule has 0 radical (unpaired) electrons. The van der Waals surface area contributed by atoms with Crippen molar-refractivity contribution in [3.05, 3.63) is 0 Å². The number of nitrogens with zero attached hydrogens (tertiary/aromatic N) is 1. The summed E-state index contributed by atoms with van der Waals surface area (Å²) >= 11 is 0.0504. The Morgan fingerprint density at radius 2 is 2.17 bits per heavy atom. The summed E-state index contributed by atoms with van der Waals surface area (Å²) in [6.45, 7) is 3.52. The largest absolute Gasteiger partial charge is 0.441 e. The van der Waals surface area contributed by atoms with Crippen LogP contribution >= 0.6 is 11.8 Å². The molecule has 1 unspecified atom stereocenters. The number of hydrogen-bond donors (Lipinski definition) is 1. The molecule has 1 fully saturated rings. The zero-order valence-electron chi connectivity index (χ0n) is 10.6. The summed E-state index contributed by atoms with van der Waals surface area (Å²) in [5.41, 5.74) is -4.13. The molecule has 7 heteroatoms. The van der Waals surface area contributed by atoms with Crippen LogP contribution in [0.2, 0.25) is 0 Å². The summed E-state index contributed by atoms with van der Waals surface area (Å²) in [6.07, 6.45) is 2.26. The van der Waals surface area contributed by atoms with Crippen LogP contribution in [0.4, 0.5) is 13.2 Å². The minimum atomic E-state index is -4.13. The number of rotatable bonds is 8. The third-order valence-electron chi connectivity index (χ3n) is 2.93. The van der Waals surface area contributed by atoms with Gasteiger partial charge in [-0.3, -0.25) is 4.90 Å². The standard InChI is InChI=1S/C11H21F3N2OS/c1-17-7-5-16(6-8-18-11(12,13)14)9-10-3-2-4-15-10/h10,15H,2-9H2,1H3. The highest BCUT2D eigenvalue weighted by Gasteiger charge is 2.28. The molecule has 1 rings (SSSR count). The fraction of sp³-hybridized carbons (Fsp3) is 1.00. The first-order valence-electron chi connectivity index (χ1n) is 6.16. The van der Waals surface area contributed by atoms with E-state index in [1.54, 1.807) is 7.11 Å². The average Bonchev–Trinajstić information content (AvgIpc) is 2.76.